The number of aryl methyl sites for hydroxylation is 1. The van der Waals surface area contributed by atoms with E-state index in [1.54, 1.807) is 17.2 Å². The number of rotatable bonds is 3. The number of carboxylic acids is 1. The van der Waals surface area contributed by atoms with Crippen molar-refractivity contribution in [1.29, 1.82) is 0 Å². The van der Waals surface area contributed by atoms with Gasteiger partial charge in [-0.25, -0.2) is 14.8 Å². The SMILES string of the molecule is Cc1ccnc(-c2cccc(NC(=O)N3CC(C)CC(C(=O)O)C3)c2)n1. The number of carbonyl (C=O) groups is 2. The fourth-order valence-corrected chi connectivity index (χ4v) is 3.22. The van der Waals surface area contributed by atoms with E-state index in [0.717, 1.165) is 11.3 Å². The van der Waals surface area contributed by atoms with Gasteiger partial charge in [0.2, 0.25) is 0 Å². The van der Waals surface area contributed by atoms with Crippen LogP contribution in [0.3, 0.4) is 0 Å². The van der Waals surface area contributed by atoms with E-state index in [2.05, 4.69) is 15.3 Å². The third-order valence-electron chi connectivity index (χ3n) is 4.46. The van der Waals surface area contributed by atoms with Gasteiger partial charge in [-0.2, -0.15) is 0 Å². The number of aromatic nitrogens is 2. The quantitative estimate of drug-likeness (QED) is 0.883. The third-order valence-corrected chi connectivity index (χ3v) is 4.46. The number of nitrogens with one attached hydrogen (secondary N) is 1. The Morgan fingerprint density at radius 2 is 2.08 bits per heavy atom. The summed E-state index contributed by atoms with van der Waals surface area (Å²) in [5.41, 5.74) is 2.30. The molecule has 1 fully saturated rings. The van der Waals surface area contributed by atoms with E-state index in [1.165, 1.54) is 0 Å². The van der Waals surface area contributed by atoms with Gasteiger partial charge in [0.1, 0.15) is 0 Å². The molecule has 2 N–H and O–H groups in total. The predicted octanol–water partition coefficient (Wildman–Crippen LogP) is 3.03. The summed E-state index contributed by atoms with van der Waals surface area (Å²) in [6.07, 6.45) is 2.30. The molecule has 1 aliphatic heterocycles. The van der Waals surface area contributed by atoms with Crippen molar-refractivity contribution >= 4 is 17.7 Å². The summed E-state index contributed by atoms with van der Waals surface area (Å²) in [7, 11) is 0. The first kappa shape index (κ1) is 17.8. The van der Waals surface area contributed by atoms with Crippen LogP contribution in [0.15, 0.2) is 36.5 Å². The highest BCUT2D eigenvalue weighted by atomic mass is 16.4. The van der Waals surface area contributed by atoms with Gasteiger partial charge in [0.25, 0.3) is 0 Å². The Bertz CT molecular complexity index is 824. The van der Waals surface area contributed by atoms with E-state index in [4.69, 9.17) is 0 Å². The number of nitrogens with zero attached hydrogens (tertiary/aromatic N) is 3. The maximum absolute atomic E-state index is 12.6. The Kier molecular flexibility index (Phi) is 5.16. The fraction of sp³-hybridized carbons (Fsp3) is 0.368. The Labute approximate surface area is 152 Å². The summed E-state index contributed by atoms with van der Waals surface area (Å²) < 4.78 is 0. The van der Waals surface area contributed by atoms with Gasteiger partial charge >= 0.3 is 12.0 Å². The number of hydrogen-bond acceptors (Lipinski definition) is 4. The molecule has 26 heavy (non-hydrogen) atoms. The first-order valence-corrected chi connectivity index (χ1v) is 8.61. The van der Waals surface area contributed by atoms with Crippen LogP contribution in [0, 0.1) is 18.8 Å². The number of hydrogen-bond donors (Lipinski definition) is 2. The number of amides is 2. The predicted molar refractivity (Wildman–Crippen MR) is 97.7 cm³/mol. The van der Waals surface area contributed by atoms with Gasteiger partial charge in [-0.1, -0.05) is 19.1 Å². The van der Waals surface area contributed by atoms with E-state index in [-0.39, 0.29) is 18.5 Å². The molecule has 0 saturated carbocycles. The second-order valence-corrected chi connectivity index (χ2v) is 6.81. The third kappa shape index (κ3) is 4.17. The molecule has 0 spiro atoms. The van der Waals surface area contributed by atoms with Gasteiger partial charge in [-0.15, -0.1) is 0 Å². The lowest BCUT2D eigenvalue weighted by atomic mass is 9.91. The standard InChI is InChI=1S/C19H22N4O3/c1-12-8-15(18(24)25)11-23(10-12)19(26)22-16-5-3-4-14(9-16)17-20-7-6-13(2)21-17/h3-7,9,12,15H,8,10-11H2,1-2H3,(H,22,26)(H,24,25). The van der Waals surface area contributed by atoms with Crippen LogP contribution in [0.25, 0.3) is 11.4 Å². The first-order valence-electron chi connectivity index (χ1n) is 8.61. The number of carbonyl (C=O) groups excluding carboxylic acids is 1. The molecule has 2 heterocycles. The summed E-state index contributed by atoms with van der Waals surface area (Å²) in [5, 5.41) is 12.1. The molecule has 136 valence electrons. The van der Waals surface area contributed by atoms with Gasteiger partial charge in [0, 0.05) is 36.2 Å². The molecule has 7 nitrogen and oxygen atoms in total. The molecular formula is C19H22N4O3. The largest absolute Gasteiger partial charge is 0.481 e. The topological polar surface area (TPSA) is 95.4 Å². The molecule has 2 amide bonds. The average Bonchev–Trinajstić information content (AvgIpc) is 2.61. The molecule has 7 heteroatoms. The van der Waals surface area contributed by atoms with Crippen molar-refractivity contribution in [2.45, 2.75) is 20.3 Å². The lowest BCUT2D eigenvalue weighted by Gasteiger charge is -2.34. The fourth-order valence-electron chi connectivity index (χ4n) is 3.22. The van der Waals surface area contributed by atoms with Crippen LogP contribution in [0.5, 0.6) is 0 Å². The van der Waals surface area contributed by atoms with Crippen LogP contribution in [0.1, 0.15) is 19.0 Å². The highest BCUT2D eigenvalue weighted by molar-refractivity contribution is 5.90. The van der Waals surface area contributed by atoms with E-state index in [0.29, 0.717) is 24.5 Å². The Morgan fingerprint density at radius 3 is 2.81 bits per heavy atom. The van der Waals surface area contributed by atoms with Crippen LogP contribution >= 0.6 is 0 Å². The number of likely N-dealkylation sites (tertiary alicyclic amines) is 1. The molecule has 0 radical (unpaired) electrons. The zero-order chi connectivity index (χ0) is 18.7. The maximum atomic E-state index is 12.6. The van der Waals surface area contributed by atoms with Crippen LogP contribution in [-0.2, 0) is 4.79 Å². The minimum Gasteiger partial charge on any atom is -0.481 e. The van der Waals surface area contributed by atoms with Crippen LogP contribution < -0.4 is 5.32 Å². The first-order chi connectivity index (χ1) is 12.4. The lowest BCUT2D eigenvalue weighted by molar-refractivity contribution is -0.143. The molecule has 3 rings (SSSR count). The minimum atomic E-state index is -0.854. The molecule has 2 unspecified atom stereocenters. The summed E-state index contributed by atoms with van der Waals surface area (Å²) in [6, 6.07) is 8.85. The van der Waals surface area contributed by atoms with Gasteiger partial charge in [0.05, 0.1) is 5.92 Å². The Hall–Kier alpha value is -2.96. The number of carboxylic acid groups (broad SMARTS) is 1. The monoisotopic (exact) mass is 354 g/mol. The molecule has 1 saturated heterocycles. The van der Waals surface area contributed by atoms with Crippen molar-refractivity contribution in [2.24, 2.45) is 11.8 Å². The normalized spacial score (nSPS) is 19.8. The maximum Gasteiger partial charge on any atom is 0.321 e. The molecule has 1 aromatic heterocycles. The summed E-state index contributed by atoms with van der Waals surface area (Å²) >= 11 is 0. The average molecular weight is 354 g/mol. The van der Waals surface area contributed by atoms with Crippen molar-refractivity contribution in [2.75, 3.05) is 18.4 Å². The van der Waals surface area contributed by atoms with Crippen molar-refractivity contribution in [3.05, 3.63) is 42.2 Å². The van der Waals surface area contributed by atoms with Gasteiger partial charge < -0.3 is 15.3 Å². The van der Waals surface area contributed by atoms with Gasteiger partial charge in [0.15, 0.2) is 5.82 Å². The Morgan fingerprint density at radius 1 is 1.27 bits per heavy atom. The number of aliphatic carboxylic acids is 1. The van der Waals surface area contributed by atoms with E-state index in [9.17, 15) is 14.7 Å². The number of urea groups is 1. The van der Waals surface area contributed by atoms with Crippen molar-refractivity contribution in [1.82, 2.24) is 14.9 Å². The van der Waals surface area contributed by atoms with Gasteiger partial charge in [-0.3, -0.25) is 4.79 Å². The molecule has 1 aromatic carbocycles. The van der Waals surface area contributed by atoms with Crippen molar-refractivity contribution in [3.8, 4) is 11.4 Å². The number of benzene rings is 1. The molecule has 1 aliphatic rings. The van der Waals surface area contributed by atoms with Crippen LogP contribution in [0.4, 0.5) is 10.5 Å². The van der Waals surface area contributed by atoms with E-state index >= 15 is 0 Å². The zero-order valence-electron chi connectivity index (χ0n) is 14.8. The summed E-state index contributed by atoms with van der Waals surface area (Å²) in [6.45, 7) is 4.64. The summed E-state index contributed by atoms with van der Waals surface area (Å²) in [5.74, 6) is -0.620. The zero-order valence-corrected chi connectivity index (χ0v) is 14.8. The molecular weight excluding hydrogens is 332 g/mol. The lowest BCUT2D eigenvalue weighted by Crippen LogP contribution is -2.47. The smallest absolute Gasteiger partial charge is 0.321 e. The Balaban J connectivity index is 1.73. The number of piperidine rings is 1. The van der Waals surface area contributed by atoms with Crippen molar-refractivity contribution in [3.63, 3.8) is 0 Å². The molecule has 2 atom stereocenters. The minimum absolute atomic E-state index is 0.155. The van der Waals surface area contributed by atoms with E-state index < -0.39 is 11.9 Å². The second kappa shape index (κ2) is 7.51. The van der Waals surface area contributed by atoms with Crippen molar-refractivity contribution < 1.29 is 14.7 Å². The number of anilines is 1. The molecule has 2 aromatic rings. The van der Waals surface area contributed by atoms with E-state index in [1.807, 2.05) is 38.1 Å². The van der Waals surface area contributed by atoms with Gasteiger partial charge in [-0.05, 0) is 37.5 Å². The second-order valence-electron chi connectivity index (χ2n) is 6.81. The highest BCUT2D eigenvalue weighted by Gasteiger charge is 2.31. The highest BCUT2D eigenvalue weighted by Crippen LogP contribution is 2.24. The molecule has 0 bridgehead atoms. The van der Waals surface area contributed by atoms with Crippen LogP contribution in [-0.4, -0.2) is 45.1 Å². The molecule has 0 aliphatic carbocycles. The van der Waals surface area contributed by atoms with Crippen LogP contribution in [0.2, 0.25) is 0 Å². The summed E-state index contributed by atoms with van der Waals surface area (Å²) in [4.78, 5) is 34.1.